The molecule has 0 saturated heterocycles. The van der Waals surface area contributed by atoms with E-state index in [0.29, 0.717) is 19.4 Å². The highest BCUT2D eigenvalue weighted by atomic mass is 31.2. The normalized spacial score (nSPS) is 22.6. The van der Waals surface area contributed by atoms with E-state index in [1.807, 2.05) is 0 Å². The van der Waals surface area contributed by atoms with Crippen LogP contribution in [-0.2, 0) is 27.9 Å². The van der Waals surface area contributed by atoms with E-state index in [0.717, 1.165) is 64.2 Å². The van der Waals surface area contributed by atoms with Gasteiger partial charge in [0.25, 0.3) is 0 Å². The fourth-order valence-corrected chi connectivity index (χ4v) is 7.81. The van der Waals surface area contributed by atoms with Gasteiger partial charge in [0.05, 0.1) is 13.2 Å². The summed E-state index contributed by atoms with van der Waals surface area (Å²) < 4.78 is 34.1. The zero-order chi connectivity index (χ0) is 45.5. The predicted molar refractivity (Wildman–Crippen MR) is 248 cm³/mol. The maximum absolute atomic E-state index is 12.8. The van der Waals surface area contributed by atoms with Crippen LogP contribution in [0.25, 0.3) is 0 Å². The van der Waals surface area contributed by atoms with Crippen molar-refractivity contribution in [1.29, 1.82) is 0 Å². The quantitative estimate of drug-likeness (QED) is 0.0148. The first kappa shape index (κ1) is 57.8. The lowest BCUT2D eigenvalue weighted by molar-refractivity contribution is -0.220. The summed E-state index contributed by atoms with van der Waals surface area (Å²) in [5.41, 5.74) is 0. The Morgan fingerprint density at radius 3 is 1.39 bits per heavy atom. The number of rotatable bonds is 39. The monoisotopic (exact) mass is 897 g/mol. The highest BCUT2D eigenvalue weighted by Gasteiger charge is 2.51. The van der Waals surface area contributed by atoms with Crippen molar-refractivity contribution in [3.8, 4) is 0 Å². The number of aliphatic hydroxyl groups is 5. The van der Waals surface area contributed by atoms with Gasteiger partial charge in [-0.3, -0.25) is 13.8 Å². The Morgan fingerprint density at radius 2 is 0.935 bits per heavy atom. The molecule has 0 aromatic heterocycles. The summed E-state index contributed by atoms with van der Waals surface area (Å²) in [7, 11) is -5.04. The summed E-state index contributed by atoms with van der Waals surface area (Å²) in [6.07, 6.45) is 38.4. The van der Waals surface area contributed by atoms with E-state index in [1.165, 1.54) is 70.6 Å². The summed E-state index contributed by atoms with van der Waals surface area (Å²) in [6.45, 7) is 4.00. The first-order valence-electron chi connectivity index (χ1n) is 23.8. The molecule has 1 aliphatic rings. The molecule has 1 aliphatic carbocycles. The second-order valence-corrected chi connectivity index (χ2v) is 17.6. The molecule has 12 nitrogen and oxygen atoms in total. The van der Waals surface area contributed by atoms with Gasteiger partial charge in [-0.1, -0.05) is 177 Å². The molecule has 0 radical (unpaired) electrons. The Kier molecular flexibility index (Phi) is 36.5. The number of allylic oxidation sites excluding steroid dienone is 12. The number of hydrogen-bond acceptors (Lipinski definition) is 11. The third kappa shape index (κ3) is 30.8. The van der Waals surface area contributed by atoms with Crippen LogP contribution in [0.3, 0.4) is 0 Å². The van der Waals surface area contributed by atoms with Crippen molar-refractivity contribution < 1.29 is 58.3 Å². The molecule has 0 bridgehead atoms. The van der Waals surface area contributed by atoms with E-state index >= 15 is 0 Å². The van der Waals surface area contributed by atoms with Gasteiger partial charge in [-0.05, 0) is 57.8 Å². The zero-order valence-electron chi connectivity index (χ0n) is 38.1. The van der Waals surface area contributed by atoms with Crippen LogP contribution in [0.15, 0.2) is 72.9 Å². The molecule has 0 amide bonds. The molecule has 62 heavy (non-hydrogen) atoms. The van der Waals surface area contributed by atoms with E-state index in [1.54, 1.807) is 0 Å². The summed E-state index contributed by atoms with van der Waals surface area (Å²) in [4.78, 5) is 23.2. The minimum atomic E-state index is -5.04. The molecular formula is C49H85O12P. The van der Waals surface area contributed by atoms with Gasteiger partial charge in [0.1, 0.15) is 42.7 Å². The van der Waals surface area contributed by atoms with E-state index in [4.69, 9.17) is 18.5 Å². The number of phosphoric ester groups is 1. The number of esters is 1. The van der Waals surface area contributed by atoms with Crippen LogP contribution in [0.2, 0.25) is 0 Å². The maximum atomic E-state index is 12.8. The van der Waals surface area contributed by atoms with Crippen molar-refractivity contribution in [3.05, 3.63) is 72.9 Å². The van der Waals surface area contributed by atoms with E-state index < -0.39 is 63.1 Å². The molecule has 6 unspecified atom stereocenters. The summed E-state index contributed by atoms with van der Waals surface area (Å²) in [5, 5.41) is 50.2. The van der Waals surface area contributed by atoms with Crippen LogP contribution in [0, 0.1) is 0 Å². The molecular weight excluding hydrogens is 812 g/mol. The minimum Gasteiger partial charge on any atom is -0.457 e. The Bertz CT molecular complexity index is 1300. The van der Waals surface area contributed by atoms with Gasteiger partial charge in [-0.15, -0.1) is 0 Å². The van der Waals surface area contributed by atoms with Crippen LogP contribution in [0.5, 0.6) is 0 Å². The fourth-order valence-electron chi connectivity index (χ4n) is 6.84. The molecule has 0 aromatic carbocycles. The number of aliphatic hydroxyl groups excluding tert-OH is 5. The minimum absolute atomic E-state index is 0.118. The standard InChI is InChI=1S/C49H85O12P/c1-3-5-7-9-11-13-15-17-19-20-21-22-23-25-27-29-31-33-35-37-39-58-40-42(41-59-62(56,57)61-49-47(54)45(52)44(51)46(53)48(49)55)60-43(50)38-36-34-32-30-28-26-24-18-16-14-12-10-8-6-4-2/h5,7,11,13,17,19,21-22,25,27,31,33,42,44-49,51-55H,3-4,6,8-10,12,14-16,18,20,23-24,26,28-30,32,34-41H2,1-2H3,(H,56,57)/b7-5-,13-11-,19-17-,22-21-,27-25-,33-31-. The summed E-state index contributed by atoms with van der Waals surface area (Å²) in [5.74, 6) is -0.498. The topological polar surface area (TPSA) is 192 Å². The molecule has 358 valence electrons. The molecule has 0 spiro atoms. The van der Waals surface area contributed by atoms with Crippen LogP contribution in [0.1, 0.15) is 168 Å². The van der Waals surface area contributed by atoms with Gasteiger partial charge in [0, 0.05) is 13.0 Å². The molecule has 1 saturated carbocycles. The lowest BCUT2D eigenvalue weighted by atomic mass is 9.85. The lowest BCUT2D eigenvalue weighted by Crippen LogP contribution is -2.64. The summed E-state index contributed by atoms with van der Waals surface area (Å²) in [6, 6.07) is 0. The van der Waals surface area contributed by atoms with E-state index in [-0.39, 0.29) is 13.0 Å². The van der Waals surface area contributed by atoms with Gasteiger partial charge in [0.2, 0.25) is 0 Å². The molecule has 13 heteroatoms. The number of phosphoric acid groups is 1. The molecule has 1 rings (SSSR count). The van der Waals surface area contributed by atoms with Gasteiger partial charge in [-0.25, -0.2) is 4.57 Å². The van der Waals surface area contributed by atoms with Crippen molar-refractivity contribution in [2.24, 2.45) is 0 Å². The summed E-state index contributed by atoms with van der Waals surface area (Å²) >= 11 is 0. The van der Waals surface area contributed by atoms with Crippen LogP contribution in [-0.4, -0.2) is 98.9 Å². The molecule has 0 aromatic rings. The molecule has 0 heterocycles. The second kappa shape index (κ2) is 39.2. The van der Waals surface area contributed by atoms with Crippen LogP contribution >= 0.6 is 7.82 Å². The van der Waals surface area contributed by atoms with Crippen molar-refractivity contribution in [1.82, 2.24) is 0 Å². The average Bonchev–Trinajstić information content (AvgIpc) is 3.26. The van der Waals surface area contributed by atoms with Crippen LogP contribution < -0.4 is 0 Å². The molecule has 6 N–H and O–H groups in total. The van der Waals surface area contributed by atoms with Crippen LogP contribution in [0.4, 0.5) is 0 Å². The van der Waals surface area contributed by atoms with Gasteiger partial charge < -0.3 is 39.9 Å². The third-order valence-corrected chi connectivity index (χ3v) is 11.6. The Labute approximate surface area is 374 Å². The highest BCUT2D eigenvalue weighted by molar-refractivity contribution is 7.47. The smallest absolute Gasteiger partial charge is 0.457 e. The fraction of sp³-hybridized carbons (Fsp3) is 0.735. The zero-order valence-corrected chi connectivity index (χ0v) is 39.0. The first-order chi connectivity index (χ1) is 30.0. The van der Waals surface area contributed by atoms with E-state index in [2.05, 4.69) is 86.8 Å². The molecule has 1 fully saturated rings. The van der Waals surface area contributed by atoms with E-state index in [9.17, 15) is 39.8 Å². The number of carbonyl (C=O) groups excluding carboxylic acids is 1. The van der Waals surface area contributed by atoms with Crippen molar-refractivity contribution in [3.63, 3.8) is 0 Å². The predicted octanol–water partition coefficient (Wildman–Crippen LogP) is 9.97. The lowest BCUT2D eigenvalue weighted by Gasteiger charge is -2.41. The Balaban J connectivity index is 2.43. The van der Waals surface area contributed by atoms with Gasteiger partial charge >= 0.3 is 13.8 Å². The number of carbonyl (C=O) groups is 1. The Morgan fingerprint density at radius 1 is 0.532 bits per heavy atom. The van der Waals surface area contributed by atoms with Crippen molar-refractivity contribution >= 4 is 13.8 Å². The van der Waals surface area contributed by atoms with Crippen molar-refractivity contribution in [2.45, 2.75) is 211 Å². The first-order valence-corrected chi connectivity index (χ1v) is 25.3. The SMILES string of the molecule is CC/C=C\C/C=C\C/C=C\C/C=C\C/C=C\C/C=C\CCCOCC(COP(=O)(O)OC1C(O)C(O)C(O)C(O)C1O)OC(=O)CCCCCCCCCCCCCCCCC. The highest BCUT2D eigenvalue weighted by Crippen LogP contribution is 2.47. The van der Waals surface area contributed by atoms with Gasteiger partial charge in [-0.2, -0.15) is 0 Å². The molecule has 0 aliphatic heterocycles. The number of hydrogen-bond donors (Lipinski definition) is 6. The third-order valence-electron chi connectivity index (χ3n) is 10.6. The van der Waals surface area contributed by atoms with Crippen molar-refractivity contribution in [2.75, 3.05) is 19.8 Å². The Hall–Kier alpha value is -2.22. The largest absolute Gasteiger partial charge is 0.472 e. The molecule has 6 atom stereocenters. The number of ether oxygens (including phenoxy) is 2. The van der Waals surface area contributed by atoms with Gasteiger partial charge in [0.15, 0.2) is 0 Å². The second-order valence-electron chi connectivity index (χ2n) is 16.2. The maximum Gasteiger partial charge on any atom is 0.472 e. The average molecular weight is 897 g/mol. The number of unbranched alkanes of at least 4 members (excludes halogenated alkanes) is 15.